The zero-order valence-corrected chi connectivity index (χ0v) is 15.7. The lowest BCUT2D eigenvalue weighted by molar-refractivity contribution is -0.159. The third kappa shape index (κ3) is 7.74. The molecular formula is C19H27FN2O5. The van der Waals surface area contributed by atoms with Gasteiger partial charge in [-0.15, -0.1) is 0 Å². The number of halogens is 1. The molecule has 1 fully saturated rings. The first-order valence-corrected chi connectivity index (χ1v) is 9.00. The smallest absolute Gasteiger partial charge is 0.414 e. The van der Waals surface area contributed by atoms with Crippen molar-refractivity contribution in [1.82, 2.24) is 9.80 Å². The number of aliphatic carboxylic acids is 2. The van der Waals surface area contributed by atoms with E-state index in [1.807, 2.05) is 30.9 Å². The molecule has 2 rings (SSSR count). The Hall–Kier alpha value is -2.48. The maximum Gasteiger partial charge on any atom is 0.414 e. The quantitative estimate of drug-likeness (QED) is 0.757. The summed E-state index contributed by atoms with van der Waals surface area (Å²) in [5.41, 5.74) is 1.13. The zero-order chi connectivity index (χ0) is 20.4. The molecule has 0 unspecified atom stereocenters. The van der Waals surface area contributed by atoms with Crippen LogP contribution in [0, 0.1) is 11.7 Å². The van der Waals surface area contributed by atoms with Crippen LogP contribution in [0.25, 0.3) is 0 Å². The van der Waals surface area contributed by atoms with E-state index in [0.717, 1.165) is 51.1 Å². The number of rotatable bonds is 5. The Morgan fingerprint density at radius 1 is 1.04 bits per heavy atom. The first-order valence-electron chi connectivity index (χ1n) is 9.00. The summed E-state index contributed by atoms with van der Waals surface area (Å²) in [6.45, 7) is 8.38. The Morgan fingerprint density at radius 2 is 1.52 bits per heavy atom. The lowest BCUT2D eigenvalue weighted by atomic mass is 9.95. The highest BCUT2D eigenvalue weighted by Crippen LogP contribution is 2.21. The van der Waals surface area contributed by atoms with Crippen molar-refractivity contribution in [1.29, 1.82) is 0 Å². The molecule has 2 N–H and O–H groups in total. The number of hydrogen-bond acceptors (Lipinski definition) is 4. The fourth-order valence-corrected chi connectivity index (χ4v) is 2.98. The second-order valence-electron chi connectivity index (χ2n) is 6.30. The average Bonchev–Trinajstić information content (AvgIpc) is 2.65. The molecule has 0 radical (unpaired) electrons. The largest absolute Gasteiger partial charge is 0.473 e. The minimum Gasteiger partial charge on any atom is -0.473 e. The maximum absolute atomic E-state index is 12.9. The van der Waals surface area contributed by atoms with Gasteiger partial charge in [-0.1, -0.05) is 12.1 Å². The van der Waals surface area contributed by atoms with Gasteiger partial charge in [-0.25, -0.2) is 14.0 Å². The SMILES string of the molecule is CCN(CC)C(=O)C1CCN(Cc2ccc(F)cc2)CC1.O=C(O)C(=O)O. The number of likely N-dealkylation sites (tertiary alicyclic amines) is 1. The highest BCUT2D eigenvalue weighted by atomic mass is 19.1. The fraction of sp³-hybridized carbons (Fsp3) is 0.526. The second-order valence-corrected chi connectivity index (χ2v) is 6.30. The van der Waals surface area contributed by atoms with Gasteiger partial charge in [0.1, 0.15) is 5.82 Å². The van der Waals surface area contributed by atoms with E-state index < -0.39 is 11.9 Å². The lowest BCUT2D eigenvalue weighted by Gasteiger charge is -2.33. The fourth-order valence-electron chi connectivity index (χ4n) is 2.98. The first kappa shape index (κ1) is 22.6. The van der Waals surface area contributed by atoms with Gasteiger partial charge in [-0.2, -0.15) is 0 Å². The number of nitrogens with zero attached hydrogens (tertiary/aromatic N) is 2. The Kier molecular flexibility index (Phi) is 9.42. The molecule has 7 nitrogen and oxygen atoms in total. The Labute approximate surface area is 158 Å². The van der Waals surface area contributed by atoms with E-state index >= 15 is 0 Å². The van der Waals surface area contributed by atoms with Gasteiger partial charge in [0, 0.05) is 25.6 Å². The molecule has 1 aromatic carbocycles. The van der Waals surface area contributed by atoms with Crippen LogP contribution in [0.5, 0.6) is 0 Å². The molecule has 1 saturated heterocycles. The number of piperidine rings is 1. The van der Waals surface area contributed by atoms with Crippen LogP contribution in [0.3, 0.4) is 0 Å². The summed E-state index contributed by atoms with van der Waals surface area (Å²) in [4.78, 5) is 34.8. The van der Waals surface area contributed by atoms with Gasteiger partial charge in [-0.3, -0.25) is 9.69 Å². The van der Waals surface area contributed by atoms with Crippen LogP contribution in [0.2, 0.25) is 0 Å². The summed E-state index contributed by atoms with van der Waals surface area (Å²) in [7, 11) is 0. The predicted molar refractivity (Wildman–Crippen MR) is 97.6 cm³/mol. The summed E-state index contributed by atoms with van der Waals surface area (Å²) in [6.07, 6.45) is 1.85. The van der Waals surface area contributed by atoms with Gasteiger partial charge in [0.05, 0.1) is 0 Å². The second kappa shape index (κ2) is 11.3. The molecule has 150 valence electrons. The minimum atomic E-state index is -1.82. The Morgan fingerprint density at radius 3 is 1.93 bits per heavy atom. The van der Waals surface area contributed by atoms with Crippen molar-refractivity contribution in [3.05, 3.63) is 35.6 Å². The summed E-state index contributed by atoms with van der Waals surface area (Å²) in [5.74, 6) is -3.36. The summed E-state index contributed by atoms with van der Waals surface area (Å²) in [6, 6.07) is 6.68. The summed E-state index contributed by atoms with van der Waals surface area (Å²) >= 11 is 0. The normalized spacial score (nSPS) is 14.8. The van der Waals surface area contributed by atoms with E-state index in [0.29, 0.717) is 5.91 Å². The maximum atomic E-state index is 12.9. The van der Waals surface area contributed by atoms with Crippen molar-refractivity contribution in [2.75, 3.05) is 26.2 Å². The van der Waals surface area contributed by atoms with Gasteiger partial charge in [0.2, 0.25) is 5.91 Å². The molecule has 0 aliphatic carbocycles. The van der Waals surface area contributed by atoms with Crippen LogP contribution in [-0.2, 0) is 20.9 Å². The van der Waals surface area contributed by atoms with Crippen molar-refractivity contribution >= 4 is 17.8 Å². The minimum absolute atomic E-state index is 0.175. The summed E-state index contributed by atoms with van der Waals surface area (Å²) in [5, 5.41) is 14.8. The molecular weight excluding hydrogens is 355 g/mol. The van der Waals surface area contributed by atoms with Crippen molar-refractivity contribution in [2.24, 2.45) is 5.92 Å². The van der Waals surface area contributed by atoms with Crippen LogP contribution < -0.4 is 0 Å². The molecule has 27 heavy (non-hydrogen) atoms. The lowest BCUT2D eigenvalue weighted by Crippen LogP contribution is -2.42. The van der Waals surface area contributed by atoms with E-state index in [9.17, 15) is 9.18 Å². The Bertz CT molecular complexity index is 611. The molecule has 0 spiro atoms. The van der Waals surface area contributed by atoms with Gasteiger partial charge < -0.3 is 15.1 Å². The van der Waals surface area contributed by atoms with Gasteiger partial charge in [0.15, 0.2) is 0 Å². The van der Waals surface area contributed by atoms with E-state index in [1.165, 1.54) is 12.1 Å². The Balaban J connectivity index is 0.000000527. The molecule has 8 heteroatoms. The highest BCUT2D eigenvalue weighted by molar-refractivity contribution is 6.27. The number of carbonyl (C=O) groups excluding carboxylic acids is 1. The van der Waals surface area contributed by atoms with Crippen molar-refractivity contribution in [3.63, 3.8) is 0 Å². The summed E-state index contributed by atoms with van der Waals surface area (Å²) < 4.78 is 12.9. The number of carbonyl (C=O) groups is 3. The van der Waals surface area contributed by atoms with Crippen molar-refractivity contribution in [3.8, 4) is 0 Å². The standard InChI is InChI=1S/C17H25FN2O.C2H2O4/c1-3-20(4-2)17(21)15-9-11-19(12-10-15)13-14-5-7-16(18)8-6-14;3-1(4)2(5)6/h5-8,15H,3-4,9-13H2,1-2H3;(H,3,4)(H,5,6). The van der Waals surface area contributed by atoms with Crippen molar-refractivity contribution in [2.45, 2.75) is 33.2 Å². The number of carboxylic acids is 2. The van der Waals surface area contributed by atoms with Crippen LogP contribution in [0.15, 0.2) is 24.3 Å². The van der Waals surface area contributed by atoms with E-state index in [-0.39, 0.29) is 11.7 Å². The number of benzene rings is 1. The number of carboxylic acid groups (broad SMARTS) is 2. The van der Waals surface area contributed by atoms with E-state index in [1.54, 1.807) is 0 Å². The molecule has 0 aromatic heterocycles. The third-order valence-corrected chi connectivity index (χ3v) is 4.51. The third-order valence-electron chi connectivity index (χ3n) is 4.51. The van der Waals surface area contributed by atoms with Gasteiger partial charge >= 0.3 is 11.9 Å². The highest BCUT2D eigenvalue weighted by Gasteiger charge is 2.27. The zero-order valence-electron chi connectivity index (χ0n) is 15.7. The van der Waals surface area contributed by atoms with Crippen LogP contribution in [0.1, 0.15) is 32.3 Å². The topological polar surface area (TPSA) is 98.2 Å². The molecule has 1 amide bonds. The van der Waals surface area contributed by atoms with Crippen LogP contribution in [-0.4, -0.2) is 64.0 Å². The van der Waals surface area contributed by atoms with Crippen LogP contribution >= 0.6 is 0 Å². The van der Waals surface area contributed by atoms with Crippen molar-refractivity contribution < 1.29 is 29.0 Å². The van der Waals surface area contributed by atoms with E-state index in [2.05, 4.69) is 4.90 Å². The van der Waals surface area contributed by atoms with Crippen LogP contribution in [0.4, 0.5) is 4.39 Å². The molecule has 0 saturated carbocycles. The molecule has 1 heterocycles. The predicted octanol–water partition coefficient (Wildman–Crippen LogP) is 2.06. The monoisotopic (exact) mass is 382 g/mol. The van der Waals surface area contributed by atoms with Gasteiger partial charge in [-0.05, 0) is 57.5 Å². The number of hydrogen-bond donors (Lipinski definition) is 2. The van der Waals surface area contributed by atoms with Gasteiger partial charge in [0.25, 0.3) is 0 Å². The van der Waals surface area contributed by atoms with E-state index in [4.69, 9.17) is 19.8 Å². The molecule has 1 aromatic rings. The number of amides is 1. The average molecular weight is 382 g/mol. The first-order chi connectivity index (χ1) is 12.8. The molecule has 1 aliphatic rings. The molecule has 1 aliphatic heterocycles. The molecule has 0 bridgehead atoms. The molecule has 0 atom stereocenters.